The predicted octanol–water partition coefficient (Wildman–Crippen LogP) is 4.20. The van der Waals surface area contributed by atoms with Gasteiger partial charge in [-0.2, -0.15) is 0 Å². The quantitative estimate of drug-likeness (QED) is 0.644. The molecule has 0 saturated heterocycles. The summed E-state index contributed by atoms with van der Waals surface area (Å²) in [6, 6.07) is 8.53. The van der Waals surface area contributed by atoms with Crippen LogP contribution < -0.4 is 0 Å². The molecule has 0 radical (unpaired) electrons. The van der Waals surface area contributed by atoms with Gasteiger partial charge in [-0.15, -0.1) is 0 Å². The third kappa shape index (κ3) is 2.73. The largest absolute Gasteiger partial charge is 0.0702 e. The summed E-state index contributed by atoms with van der Waals surface area (Å²) in [6.07, 6.45) is 4.63. The van der Waals surface area contributed by atoms with Crippen LogP contribution in [0.3, 0.4) is 0 Å². The van der Waals surface area contributed by atoms with Gasteiger partial charge in [-0.05, 0) is 30.9 Å². The second kappa shape index (κ2) is 4.86. The highest BCUT2D eigenvalue weighted by Gasteiger charge is 1.94. The SMILES string of the molecule is CCC(=Cc1ccccc1C)CC. The van der Waals surface area contributed by atoms with Crippen LogP contribution in [0.15, 0.2) is 29.8 Å². The van der Waals surface area contributed by atoms with Crippen molar-refractivity contribution in [3.8, 4) is 0 Å². The van der Waals surface area contributed by atoms with E-state index < -0.39 is 0 Å². The molecule has 0 fully saturated rings. The van der Waals surface area contributed by atoms with Gasteiger partial charge in [0.25, 0.3) is 0 Å². The van der Waals surface area contributed by atoms with Crippen molar-refractivity contribution < 1.29 is 0 Å². The molecule has 0 heteroatoms. The van der Waals surface area contributed by atoms with E-state index in [1.54, 1.807) is 0 Å². The molecule has 0 N–H and O–H groups in total. The Morgan fingerprint density at radius 3 is 2.31 bits per heavy atom. The lowest BCUT2D eigenvalue weighted by Crippen LogP contribution is -1.82. The Morgan fingerprint density at radius 2 is 1.77 bits per heavy atom. The summed E-state index contributed by atoms with van der Waals surface area (Å²) in [4.78, 5) is 0. The summed E-state index contributed by atoms with van der Waals surface area (Å²) in [5, 5.41) is 0. The molecule has 1 aromatic carbocycles. The van der Waals surface area contributed by atoms with E-state index in [2.05, 4.69) is 51.1 Å². The van der Waals surface area contributed by atoms with Gasteiger partial charge in [0, 0.05) is 0 Å². The van der Waals surface area contributed by atoms with Crippen molar-refractivity contribution in [1.29, 1.82) is 0 Å². The average molecular weight is 174 g/mol. The molecule has 0 spiro atoms. The molecule has 0 atom stereocenters. The molecule has 0 aromatic heterocycles. The number of allylic oxidation sites excluding steroid dienone is 1. The van der Waals surface area contributed by atoms with Crippen molar-refractivity contribution >= 4 is 6.08 Å². The Labute approximate surface area is 81.3 Å². The first-order chi connectivity index (χ1) is 6.27. The number of hydrogen-bond acceptors (Lipinski definition) is 0. The molecular weight excluding hydrogens is 156 g/mol. The molecule has 70 valence electrons. The first kappa shape index (κ1) is 10.0. The molecular formula is C13H18. The lowest BCUT2D eigenvalue weighted by Gasteiger charge is -2.03. The van der Waals surface area contributed by atoms with Crippen molar-refractivity contribution in [2.75, 3.05) is 0 Å². The molecule has 0 aliphatic heterocycles. The van der Waals surface area contributed by atoms with Crippen LogP contribution in [-0.2, 0) is 0 Å². The number of hydrogen-bond donors (Lipinski definition) is 0. The third-order valence-corrected chi connectivity index (χ3v) is 2.46. The van der Waals surface area contributed by atoms with Crippen molar-refractivity contribution in [2.45, 2.75) is 33.6 Å². The zero-order valence-corrected chi connectivity index (χ0v) is 8.80. The van der Waals surface area contributed by atoms with E-state index in [1.165, 1.54) is 16.7 Å². The van der Waals surface area contributed by atoms with E-state index in [-0.39, 0.29) is 0 Å². The fourth-order valence-electron chi connectivity index (χ4n) is 1.42. The Hall–Kier alpha value is -1.04. The van der Waals surface area contributed by atoms with Crippen LogP contribution in [-0.4, -0.2) is 0 Å². The minimum absolute atomic E-state index is 1.16. The summed E-state index contributed by atoms with van der Waals surface area (Å²) < 4.78 is 0. The number of rotatable bonds is 3. The van der Waals surface area contributed by atoms with Crippen LogP contribution in [0.25, 0.3) is 6.08 Å². The van der Waals surface area contributed by atoms with Gasteiger partial charge >= 0.3 is 0 Å². The molecule has 1 rings (SSSR count). The number of benzene rings is 1. The van der Waals surface area contributed by atoms with E-state index >= 15 is 0 Å². The zero-order valence-electron chi connectivity index (χ0n) is 8.80. The van der Waals surface area contributed by atoms with Crippen LogP contribution in [0, 0.1) is 6.92 Å². The standard InChI is InChI=1S/C13H18/c1-4-12(5-2)10-13-9-7-6-8-11(13)3/h6-10H,4-5H2,1-3H3. The minimum atomic E-state index is 1.16. The number of aryl methyl sites for hydroxylation is 1. The van der Waals surface area contributed by atoms with Crippen LogP contribution in [0.1, 0.15) is 37.8 Å². The molecule has 0 bridgehead atoms. The molecule has 0 heterocycles. The van der Waals surface area contributed by atoms with E-state index in [0.717, 1.165) is 12.8 Å². The fourth-order valence-corrected chi connectivity index (χ4v) is 1.42. The summed E-state index contributed by atoms with van der Waals surface area (Å²) in [5.41, 5.74) is 4.25. The highest BCUT2D eigenvalue weighted by Crippen LogP contribution is 2.15. The molecule has 0 aliphatic carbocycles. The molecule has 0 saturated carbocycles. The van der Waals surface area contributed by atoms with E-state index in [9.17, 15) is 0 Å². The van der Waals surface area contributed by atoms with Gasteiger partial charge in [0.1, 0.15) is 0 Å². The molecule has 1 aromatic rings. The maximum absolute atomic E-state index is 2.31. The molecule has 13 heavy (non-hydrogen) atoms. The van der Waals surface area contributed by atoms with Crippen molar-refractivity contribution in [1.82, 2.24) is 0 Å². The van der Waals surface area contributed by atoms with Crippen LogP contribution in [0.2, 0.25) is 0 Å². The molecule has 0 aliphatic rings. The lowest BCUT2D eigenvalue weighted by atomic mass is 10.0. The van der Waals surface area contributed by atoms with E-state index in [0.29, 0.717) is 0 Å². The Kier molecular flexibility index (Phi) is 3.75. The van der Waals surface area contributed by atoms with Gasteiger partial charge in [0.15, 0.2) is 0 Å². The Bertz CT molecular complexity index is 289. The average Bonchev–Trinajstić information content (AvgIpc) is 2.17. The van der Waals surface area contributed by atoms with Gasteiger partial charge in [0.2, 0.25) is 0 Å². The normalized spacial score (nSPS) is 9.77. The maximum Gasteiger partial charge on any atom is -0.0228 e. The highest BCUT2D eigenvalue weighted by atomic mass is 14.0. The second-order valence-electron chi connectivity index (χ2n) is 3.37. The van der Waals surface area contributed by atoms with Gasteiger partial charge < -0.3 is 0 Å². The van der Waals surface area contributed by atoms with Gasteiger partial charge in [0.05, 0.1) is 0 Å². The van der Waals surface area contributed by atoms with Gasteiger partial charge in [-0.1, -0.05) is 49.8 Å². The third-order valence-electron chi connectivity index (χ3n) is 2.46. The molecule has 0 unspecified atom stereocenters. The van der Waals surface area contributed by atoms with Gasteiger partial charge in [-0.3, -0.25) is 0 Å². The maximum atomic E-state index is 2.31. The van der Waals surface area contributed by atoms with Crippen LogP contribution >= 0.6 is 0 Å². The Morgan fingerprint density at radius 1 is 1.15 bits per heavy atom. The summed E-state index contributed by atoms with van der Waals surface area (Å²) >= 11 is 0. The van der Waals surface area contributed by atoms with Crippen LogP contribution in [0.5, 0.6) is 0 Å². The summed E-state index contributed by atoms with van der Waals surface area (Å²) in [5.74, 6) is 0. The summed E-state index contributed by atoms with van der Waals surface area (Å²) in [7, 11) is 0. The first-order valence-corrected chi connectivity index (χ1v) is 5.03. The predicted molar refractivity (Wildman–Crippen MR) is 59.7 cm³/mol. The summed E-state index contributed by atoms with van der Waals surface area (Å²) in [6.45, 7) is 6.59. The minimum Gasteiger partial charge on any atom is -0.0702 e. The fraction of sp³-hybridized carbons (Fsp3) is 0.385. The molecule has 0 amide bonds. The smallest absolute Gasteiger partial charge is 0.0228 e. The van der Waals surface area contributed by atoms with Crippen molar-refractivity contribution in [3.05, 3.63) is 41.0 Å². The van der Waals surface area contributed by atoms with Gasteiger partial charge in [-0.25, -0.2) is 0 Å². The van der Waals surface area contributed by atoms with Crippen molar-refractivity contribution in [2.24, 2.45) is 0 Å². The van der Waals surface area contributed by atoms with Crippen LogP contribution in [0.4, 0.5) is 0 Å². The van der Waals surface area contributed by atoms with E-state index in [1.807, 2.05) is 0 Å². The topological polar surface area (TPSA) is 0 Å². The second-order valence-corrected chi connectivity index (χ2v) is 3.37. The zero-order chi connectivity index (χ0) is 9.68. The monoisotopic (exact) mass is 174 g/mol. The van der Waals surface area contributed by atoms with E-state index in [4.69, 9.17) is 0 Å². The van der Waals surface area contributed by atoms with Crippen molar-refractivity contribution in [3.63, 3.8) is 0 Å². The molecule has 0 nitrogen and oxygen atoms in total. The lowest BCUT2D eigenvalue weighted by molar-refractivity contribution is 0.989. The first-order valence-electron chi connectivity index (χ1n) is 5.03. The Balaban J connectivity index is 2.95. The highest BCUT2D eigenvalue weighted by molar-refractivity contribution is 5.56.